The van der Waals surface area contributed by atoms with E-state index in [1.165, 1.54) is 0 Å². The second kappa shape index (κ2) is 5.57. The van der Waals surface area contributed by atoms with E-state index in [1.54, 1.807) is 12.5 Å². The van der Waals surface area contributed by atoms with Crippen molar-refractivity contribution in [2.75, 3.05) is 6.61 Å². The van der Waals surface area contributed by atoms with Gasteiger partial charge in [-0.15, -0.1) is 0 Å². The Morgan fingerprint density at radius 1 is 1.71 bits per heavy atom. The van der Waals surface area contributed by atoms with Gasteiger partial charge >= 0.3 is 0 Å². The molecule has 4 nitrogen and oxygen atoms in total. The van der Waals surface area contributed by atoms with Crippen molar-refractivity contribution < 1.29 is 5.11 Å². The summed E-state index contributed by atoms with van der Waals surface area (Å²) in [4.78, 5) is 4.02. The third-order valence-corrected chi connectivity index (χ3v) is 2.09. The van der Waals surface area contributed by atoms with E-state index < -0.39 is 0 Å². The monoisotopic (exact) mass is 195 g/mol. The SMILES string of the molecule is C/C=C/CCn1cncc1C(N)CO. The predicted octanol–water partition coefficient (Wildman–Crippen LogP) is 0.841. The van der Waals surface area contributed by atoms with Crippen LogP contribution in [-0.4, -0.2) is 21.3 Å². The lowest BCUT2D eigenvalue weighted by atomic mass is 10.2. The quantitative estimate of drug-likeness (QED) is 0.684. The molecule has 1 atom stereocenters. The van der Waals surface area contributed by atoms with E-state index >= 15 is 0 Å². The van der Waals surface area contributed by atoms with E-state index in [4.69, 9.17) is 10.8 Å². The summed E-state index contributed by atoms with van der Waals surface area (Å²) in [5, 5.41) is 8.92. The average Bonchev–Trinajstić information content (AvgIpc) is 2.65. The summed E-state index contributed by atoms with van der Waals surface area (Å²) in [7, 11) is 0. The molecule has 0 aliphatic carbocycles. The molecule has 0 saturated heterocycles. The Hall–Kier alpha value is -1.13. The van der Waals surface area contributed by atoms with Gasteiger partial charge in [0.2, 0.25) is 0 Å². The molecular weight excluding hydrogens is 178 g/mol. The van der Waals surface area contributed by atoms with Crippen molar-refractivity contribution in [1.29, 1.82) is 0 Å². The molecule has 1 unspecified atom stereocenters. The third kappa shape index (κ3) is 2.68. The first kappa shape index (κ1) is 10.9. The normalized spacial score (nSPS) is 13.6. The highest BCUT2D eigenvalue weighted by atomic mass is 16.3. The largest absolute Gasteiger partial charge is 0.394 e. The predicted molar refractivity (Wildman–Crippen MR) is 55.7 cm³/mol. The minimum Gasteiger partial charge on any atom is -0.394 e. The van der Waals surface area contributed by atoms with Crippen LogP contribution in [0.15, 0.2) is 24.7 Å². The van der Waals surface area contributed by atoms with Crippen LogP contribution in [0.5, 0.6) is 0 Å². The van der Waals surface area contributed by atoms with Crippen LogP contribution in [0.4, 0.5) is 0 Å². The number of nitrogens with zero attached hydrogens (tertiary/aromatic N) is 2. The van der Waals surface area contributed by atoms with Crippen molar-refractivity contribution >= 4 is 0 Å². The standard InChI is InChI=1S/C10H17N3O/c1-2-3-4-5-13-8-12-6-10(13)9(11)7-14/h2-3,6,8-9,14H,4-5,7,11H2,1H3/b3-2+. The maximum Gasteiger partial charge on any atom is 0.0948 e. The highest BCUT2D eigenvalue weighted by Crippen LogP contribution is 2.09. The lowest BCUT2D eigenvalue weighted by Gasteiger charge is -2.11. The lowest BCUT2D eigenvalue weighted by molar-refractivity contribution is 0.263. The van der Waals surface area contributed by atoms with Gasteiger partial charge in [0.15, 0.2) is 0 Å². The fourth-order valence-corrected chi connectivity index (χ4v) is 1.30. The van der Waals surface area contributed by atoms with Crippen LogP contribution in [0.25, 0.3) is 0 Å². The van der Waals surface area contributed by atoms with Gasteiger partial charge in [-0.1, -0.05) is 12.2 Å². The van der Waals surface area contributed by atoms with Gasteiger partial charge in [-0.25, -0.2) is 4.98 Å². The first-order valence-electron chi connectivity index (χ1n) is 4.77. The zero-order valence-corrected chi connectivity index (χ0v) is 8.43. The second-order valence-electron chi connectivity index (χ2n) is 3.16. The van der Waals surface area contributed by atoms with E-state index in [9.17, 15) is 0 Å². The number of allylic oxidation sites excluding steroid dienone is 2. The maximum atomic E-state index is 8.92. The van der Waals surface area contributed by atoms with Gasteiger partial charge < -0.3 is 15.4 Å². The summed E-state index contributed by atoms with van der Waals surface area (Å²) in [6, 6.07) is -0.330. The summed E-state index contributed by atoms with van der Waals surface area (Å²) < 4.78 is 1.97. The number of imidazole rings is 1. The Bertz CT molecular complexity index is 293. The topological polar surface area (TPSA) is 64.1 Å². The summed E-state index contributed by atoms with van der Waals surface area (Å²) in [6.07, 6.45) is 8.51. The molecule has 1 heterocycles. The summed E-state index contributed by atoms with van der Waals surface area (Å²) >= 11 is 0. The minimum absolute atomic E-state index is 0.0463. The molecule has 3 N–H and O–H groups in total. The second-order valence-corrected chi connectivity index (χ2v) is 3.16. The fraction of sp³-hybridized carbons (Fsp3) is 0.500. The van der Waals surface area contributed by atoms with Crippen molar-refractivity contribution in [3.05, 3.63) is 30.4 Å². The van der Waals surface area contributed by atoms with Crippen LogP contribution < -0.4 is 5.73 Å². The molecule has 0 saturated carbocycles. The smallest absolute Gasteiger partial charge is 0.0948 e. The van der Waals surface area contributed by atoms with Crippen LogP contribution >= 0.6 is 0 Å². The number of nitrogens with two attached hydrogens (primary N) is 1. The van der Waals surface area contributed by atoms with Crippen LogP contribution in [0.2, 0.25) is 0 Å². The molecule has 0 radical (unpaired) electrons. The summed E-state index contributed by atoms with van der Waals surface area (Å²) in [5.41, 5.74) is 6.60. The van der Waals surface area contributed by atoms with Gasteiger partial charge in [0.25, 0.3) is 0 Å². The van der Waals surface area contributed by atoms with Crippen LogP contribution in [0, 0.1) is 0 Å². The Morgan fingerprint density at radius 2 is 2.50 bits per heavy atom. The first-order valence-corrected chi connectivity index (χ1v) is 4.77. The lowest BCUT2D eigenvalue weighted by Crippen LogP contribution is -2.18. The summed E-state index contributed by atoms with van der Waals surface area (Å²) in [6.45, 7) is 2.80. The van der Waals surface area contributed by atoms with Crippen molar-refractivity contribution in [2.45, 2.75) is 25.9 Å². The van der Waals surface area contributed by atoms with Gasteiger partial charge in [-0.2, -0.15) is 0 Å². The van der Waals surface area contributed by atoms with E-state index in [0.717, 1.165) is 18.7 Å². The number of aryl methyl sites for hydroxylation is 1. The van der Waals surface area contributed by atoms with Gasteiger partial charge in [0.05, 0.1) is 24.7 Å². The highest BCUT2D eigenvalue weighted by molar-refractivity contribution is 5.04. The molecule has 0 amide bonds. The van der Waals surface area contributed by atoms with Gasteiger partial charge in [0, 0.05) is 12.7 Å². The highest BCUT2D eigenvalue weighted by Gasteiger charge is 2.09. The molecule has 1 rings (SSSR count). The first-order chi connectivity index (χ1) is 6.79. The average molecular weight is 195 g/mol. The molecule has 78 valence electrons. The van der Waals surface area contributed by atoms with Crippen LogP contribution in [0.3, 0.4) is 0 Å². The Morgan fingerprint density at radius 3 is 3.14 bits per heavy atom. The van der Waals surface area contributed by atoms with Crippen molar-refractivity contribution in [3.8, 4) is 0 Å². The minimum atomic E-state index is -0.330. The molecule has 0 spiro atoms. The summed E-state index contributed by atoms with van der Waals surface area (Å²) in [5.74, 6) is 0. The maximum absolute atomic E-state index is 8.92. The molecule has 0 aliphatic rings. The number of aliphatic hydroxyl groups excluding tert-OH is 1. The van der Waals surface area contributed by atoms with Gasteiger partial charge in [-0.05, 0) is 13.3 Å². The van der Waals surface area contributed by atoms with Crippen LogP contribution in [0.1, 0.15) is 25.1 Å². The number of aromatic nitrogens is 2. The molecular formula is C10H17N3O. The third-order valence-electron chi connectivity index (χ3n) is 2.09. The van der Waals surface area contributed by atoms with Crippen molar-refractivity contribution in [1.82, 2.24) is 9.55 Å². The number of aliphatic hydroxyl groups is 1. The van der Waals surface area contributed by atoms with Gasteiger partial charge in [0.1, 0.15) is 0 Å². The Labute approximate surface area is 84.1 Å². The van der Waals surface area contributed by atoms with E-state index in [0.29, 0.717) is 0 Å². The van der Waals surface area contributed by atoms with Gasteiger partial charge in [-0.3, -0.25) is 0 Å². The van der Waals surface area contributed by atoms with Crippen molar-refractivity contribution in [3.63, 3.8) is 0 Å². The zero-order chi connectivity index (χ0) is 10.4. The van der Waals surface area contributed by atoms with Crippen molar-refractivity contribution in [2.24, 2.45) is 5.73 Å². The molecule has 0 aromatic carbocycles. The van der Waals surface area contributed by atoms with Crippen LogP contribution in [-0.2, 0) is 6.54 Å². The molecule has 1 aromatic heterocycles. The number of hydrogen-bond acceptors (Lipinski definition) is 3. The molecule has 0 aliphatic heterocycles. The number of hydrogen-bond donors (Lipinski definition) is 2. The molecule has 0 fully saturated rings. The molecule has 4 heteroatoms. The molecule has 1 aromatic rings. The Kier molecular flexibility index (Phi) is 4.35. The zero-order valence-electron chi connectivity index (χ0n) is 8.43. The fourth-order valence-electron chi connectivity index (χ4n) is 1.30. The molecule has 14 heavy (non-hydrogen) atoms. The van der Waals surface area contributed by atoms with E-state index in [-0.39, 0.29) is 12.6 Å². The Balaban J connectivity index is 2.62. The van der Waals surface area contributed by atoms with E-state index in [1.807, 2.05) is 17.6 Å². The number of rotatable bonds is 5. The van der Waals surface area contributed by atoms with E-state index in [2.05, 4.69) is 11.1 Å². The molecule has 0 bridgehead atoms.